The average molecular weight is 439 g/mol. The van der Waals surface area contributed by atoms with Gasteiger partial charge in [0, 0.05) is 29.1 Å². The van der Waals surface area contributed by atoms with Crippen LogP contribution in [0.25, 0.3) is 11.3 Å². The Bertz CT molecular complexity index is 1170. The summed E-state index contributed by atoms with van der Waals surface area (Å²) in [5.74, 6) is 0.557. The van der Waals surface area contributed by atoms with Crippen LogP contribution in [0.5, 0.6) is 0 Å². The van der Waals surface area contributed by atoms with Crippen LogP contribution in [-0.2, 0) is 17.6 Å². The molecule has 1 aromatic carbocycles. The lowest BCUT2D eigenvalue weighted by Gasteiger charge is -2.35. The normalized spacial score (nSPS) is 15.9. The molecule has 0 fully saturated rings. The Labute approximate surface area is 181 Å². The minimum absolute atomic E-state index is 0.0222. The topological polar surface area (TPSA) is 46.3 Å². The van der Waals surface area contributed by atoms with Gasteiger partial charge in [0.15, 0.2) is 11.7 Å². The van der Waals surface area contributed by atoms with Gasteiger partial charge < -0.3 is 9.32 Å². The molecular formula is C23H19FN2O2S2. The maximum atomic E-state index is 14.0. The van der Waals surface area contributed by atoms with Gasteiger partial charge in [-0.2, -0.15) is 0 Å². The van der Waals surface area contributed by atoms with Crippen LogP contribution in [0.1, 0.15) is 33.7 Å². The molecule has 7 heteroatoms. The summed E-state index contributed by atoms with van der Waals surface area (Å²) in [6, 6.07) is 12.7. The van der Waals surface area contributed by atoms with Crippen molar-refractivity contribution in [2.45, 2.75) is 25.3 Å². The maximum Gasteiger partial charge on any atom is 0.223 e. The lowest BCUT2D eigenvalue weighted by Crippen LogP contribution is -2.39. The Hall–Kier alpha value is -2.77. The number of nitrogens with zero attached hydrogens (tertiary/aromatic N) is 2. The monoisotopic (exact) mass is 438 g/mol. The van der Waals surface area contributed by atoms with E-state index in [9.17, 15) is 9.18 Å². The molecule has 1 aliphatic rings. The zero-order chi connectivity index (χ0) is 20.5. The second-order valence-corrected chi connectivity index (χ2v) is 9.13. The molecule has 4 aromatic rings. The largest absolute Gasteiger partial charge is 0.441 e. The summed E-state index contributed by atoms with van der Waals surface area (Å²) in [4.78, 5) is 21.9. The highest BCUT2D eigenvalue weighted by molar-refractivity contribution is 7.10. The lowest BCUT2D eigenvalue weighted by atomic mass is 9.98. The van der Waals surface area contributed by atoms with Crippen LogP contribution in [0, 0.1) is 5.82 Å². The number of rotatable bonds is 5. The van der Waals surface area contributed by atoms with Gasteiger partial charge in [0.1, 0.15) is 5.82 Å². The van der Waals surface area contributed by atoms with E-state index in [4.69, 9.17) is 4.42 Å². The predicted molar refractivity (Wildman–Crippen MR) is 116 cm³/mol. The number of fused-ring (bicyclic) bond motifs is 1. The molecule has 152 valence electrons. The molecule has 1 atom stereocenters. The number of hydrogen-bond acceptors (Lipinski definition) is 5. The number of halogens is 1. The lowest BCUT2D eigenvalue weighted by molar-refractivity contribution is -0.133. The molecule has 0 N–H and O–H groups in total. The standard InChI is InChI=1S/C23H19FN2O2S2/c24-17-5-2-1-4-15(17)18-14-25-21(28-18)7-8-22(27)26-11-9-19-16(10-13-30-19)23(26)20-6-3-12-29-20/h1-6,10,12-14,23H,7-9,11H2/t23-/m0/s1. The summed E-state index contributed by atoms with van der Waals surface area (Å²) in [6.07, 6.45) is 3.10. The van der Waals surface area contributed by atoms with Gasteiger partial charge in [-0.1, -0.05) is 18.2 Å². The molecule has 0 bridgehead atoms. The zero-order valence-corrected chi connectivity index (χ0v) is 17.7. The van der Waals surface area contributed by atoms with E-state index in [1.54, 1.807) is 40.9 Å². The van der Waals surface area contributed by atoms with Crippen LogP contribution in [0.15, 0.2) is 63.8 Å². The highest BCUT2D eigenvalue weighted by atomic mass is 32.1. The van der Waals surface area contributed by atoms with E-state index < -0.39 is 0 Å². The van der Waals surface area contributed by atoms with E-state index in [2.05, 4.69) is 27.9 Å². The maximum absolute atomic E-state index is 14.0. The molecule has 0 unspecified atom stereocenters. The first-order chi connectivity index (χ1) is 14.7. The van der Waals surface area contributed by atoms with Gasteiger partial charge in [-0.25, -0.2) is 9.37 Å². The van der Waals surface area contributed by atoms with Crippen molar-refractivity contribution in [3.63, 3.8) is 0 Å². The van der Waals surface area contributed by atoms with Gasteiger partial charge in [-0.15, -0.1) is 22.7 Å². The van der Waals surface area contributed by atoms with Crippen molar-refractivity contribution < 1.29 is 13.6 Å². The average Bonchev–Trinajstić information content (AvgIpc) is 3.53. The first-order valence-corrected chi connectivity index (χ1v) is 11.6. The van der Waals surface area contributed by atoms with E-state index in [1.165, 1.54) is 27.6 Å². The van der Waals surface area contributed by atoms with E-state index in [0.717, 1.165) is 6.42 Å². The van der Waals surface area contributed by atoms with Crippen molar-refractivity contribution in [1.82, 2.24) is 9.88 Å². The quantitative estimate of drug-likeness (QED) is 0.401. The molecular weight excluding hydrogens is 419 g/mol. The zero-order valence-electron chi connectivity index (χ0n) is 16.1. The van der Waals surface area contributed by atoms with E-state index in [0.29, 0.717) is 36.6 Å². The Kier molecular flexibility index (Phi) is 5.23. The van der Waals surface area contributed by atoms with Gasteiger partial charge in [0.2, 0.25) is 5.91 Å². The number of aryl methyl sites for hydroxylation is 1. The number of carbonyl (C=O) groups is 1. The first-order valence-electron chi connectivity index (χ1n) is 9.79. The third kappa shape index (κ3) is 3.59. The van der Waals surface area contributed by atoms with Crippen LogP contribution in [0.2, 0.25) is 0 Å². The van der Waals surface area contributed by atoms with E-state index >= 15 is 0 Å². The molecule has 30 heavy (non-hydrogen) atoms. The Morgan fingerprint density at radius 3 is 2.90 bits per heavy atom. The second-order valence-electron chi connectivity index (χ2n) is 7.15. The van der Waals surface area contributed by atoms with Gasteiger partial charge in [0.05, 0.1) is 17.8 Å². The molecule has 0 aliphatic carbocycles. The van der Waals surface area contributed by atoms with Crippen molar-refractivity contribution in [2.75, 3.05) is 6.54 Å². The fourth-order valence-electron chi connectivity index (χ4n) is 3.91. The van der Waals surface area contributed by atoms with Crippen LogP contribution in [-0.4, -0.2) is 22.3 Å². The van der Waals surface area contributed by atoms with Gasteiger partial charge in [0.25, 0.3) is 0 Å². The van der Waals surface area contributed by atoms with E-state index in [-0.39, 0.29) is 17.8 Å². The second kappa shape index (κ2) is 8.16. The molecule has 0 saturated heterocycles. The van der Waals surface area contributed by atoms with Crippen molar-refractivity contribution >= 4 is 28.6 Å². The smallest absolute Gasteiger partial charge is 0.223 e. The predicted octanol–water partition coefficient (Wildman–Crippen LogP) is 5.71. The molecule has 0 saturated carbocycles. The summed E-state index contributed by atoms with van der Waals surface area (Å²) in [5.41, 5.74) is 1.61. The van der Waals surface area contributed by atoms with Crippen LogP contribution < -0.4 is 0 Å². The number of carbonyl (C=O) groups excluding carboxylic acids is 1. The van der Waals surface area contributed by atoms with E-state index in [1.807, 2.05) is 11.0 Å². The van der Waals surface area contributed by atoms with Crippen molar-refractivity contribution in [3.05, 3.63) is 86.4 Å². The Morgan fingerprint density at radius 2 is 2.07 bits per heavy atom. The molecule has 3 aromatic heterocycles. The molecule has 4 nitrogen and oxygen atoms in total. The summed E-state index contributed by atoms with van der Waals surface area (Å²) < 4.78 is 19.7. The fourth-order valence-corrected chi connectivity index (χ4v) is 5.67. The summed E-state index contributed by atoms with van der Waals surface area (Å²) in [7, 11) is 0. The van der Waals surface area contributed by atoms with Crippen LogP contribution >= 0.6 is 22.7 Å². The summed E-state index contributed by atoms with van der Waals surface area (Å²) in [6.45, 7) is 0.709. The third-order valence-electron chi connectivity index (χ3n) is 5.34. The highest BCUT2D eigenvalue weighted by Gasteiger charge is 2.33. The summed E-state index contributed by atoms with van der Waals surface area (Å²) >= 11 is 3.44. The molecule has 1 amide bonds. The molecule has 0 radical (unpaired) electrons. The molecule has 4 heterocycles. The molecule has 1 aliphatic heterocycles. The number of hydrogen-bond donors (Lipinski definition) is 0. The Morgan fingerprint density at radius 1 is 1.17 bits per heavy atom. The van der Waals surface area contributed by atoms with Gasteiger partial charge in [-0.05, 0) is 47.0 Å². The molecule has 5 rings (SSSR count). The number of thiophene rings is 2. The first kappa shape index (κ1) is 19.2. The number of aromatic nitrogens is 1. The Balaban J connectivity index is 1.32. The van der Waals surface area contributed by atoms with Crippen molar-refractivity contribution in [1.29, 1.82) is 0 Å². The van der Waals surface area contributed by atoms with Crippen molar-refractivity contribution in [3.8, 4) is 11.3 Å². The SMILES string of the molecule is O=C(CCc1ncc(-c2ccccc2F)o1)N1CCc2sccc2[C@H]1c1cccs1. The number of oxazole rings is 1. The molecule has 0 spiro atoms. The van der Waals surface area contributed by atoms with Crippen LogP contribution in [0.4, 0.5) is 4.39 Å². The minimum Gasteiger partial charge on any atom is -0.441 e. The highest BCUT2D eigenvalue weighted by Crippen LogP contribution is 2.39. The number of benzene rings is 1. The van der Waals surface area contributed by atoms with Gasteiger partial charge in [-0.3, -0.25) is 4.79 Å². The number of amides is 1. The fraction of sp³-hybridized carbons (Fsp3) is 0.217. The van der Waals surface area contributed by atoms with Gasteiger partial charge >= 0.3 is 0 Å². The third-order valence-corrected chi connectivity index (χ3v) is 7.27. The minimum atomic E-state index is -0.352. The van der Waals surface area contributed by atoms with Crippen LogP contribution in [0.3, 0.4) is 0 Å². The van der Waals surface area contributed by atoms with Crippen molar-refractivity contribution in [2.24, 2.45) is 0 Å². The summed E-state index contributed by atoms with van der Waals surface area (Å²) in [5, 5.41) is 4.16.